The molecule has 0 unspecified atom stereocenters. The lowest BCUT2D eigenvalue weighted by molar-refractivity contribution is 0.477. The number of imidazole rings is 2. The second kappa shape index (κ2) is 9.34. The van der Waals surface area contributed by atoms with E-state index in [2.05, 4.69) is 15.2 Å². The van der Waals surface area contributed by atoms with Crippen LogP contribution in [-0.4, -0.2) is 50.0 Å². The van der Waals surface area contributed by atoms with E-state index in [4.69, 9.17) is 11.6 Å². The summed E-state index contributed by atoms with van der Waals surface area (Å²) < 4.78 is 19.8. The number of aromatic nitrogens is 4. The number of rotatable bonds is 4. The van der Waals surface area contributed by atoms with Crippen molar-refractivity contribution in [1.29, 1.82) is 0 Å². The number of aryl methyl sites for hydroxylation is 2. The molecular formula is C28H26ClFN6O2. The van der Waals surface area contributed by atoms with Crippen LogP contribution in [0.4, 0.5) is 10.1 Å². The Balaban J connectivity index is 1.48. The van der Waals surface area contributed by atoms with Gasteiger partial charge in [0.05, 0.1) is 28.2 Å². The summed E-state index contributed by atoms with van der Waals surface area (Å²) in [6.45, 7) is 3.37. The van der Waals surface area contributed by atoms with Crippen LogP contribution in [0, 0.1) is 5.82 Å². The molecule has 0 atom stereocenters. The second-order valence-electron chi connectivity index (χ2n) is 9.53. The zero-order valence-corrected chi connectivity index (χ0v) is 21.7. The lowest BCUT2D eigenvalue weighted by atomic mass is 9.96. The molecule has 38 heavy (non-hydrogen) atoms. The standard InChI is InChI=1S/C28H26ClFN6O2/c1-33-9-10-36(28(33)38)23-4-3-17(11-22(23)29)20-14-19(30)15-21(27(20)37)18-12-24-26(32-16-34(24)2)25(13-18)35-7-5-31-6-8-35/h3-4,9-16,31,37H,5-8H2,1-2H3. The SMILES string of the molecule is Cn1ccn(-c2ccc(-c3cc(F)cc(-c4cc(N5CCNCC5)c5ncn(C)c5c4)c3O)cc2Cl)c1=O. The van der Waals surface area contributed by atoms with Crippen molar-refractivity contribution in [3.63, 3.8) is 0 Å². The fourth-order valence-electron chi connectivity index (χ4n) is 5.07. The molecule has 6 rings (SSSR count). The van der Waals surface area contributed by atoms with Gasteiger partial charge in [-0.1, -0.05) is 17.7 Å². The highest BCUT2D eigenvalue weighted by Gasteiger charge is 2.21. The van der Waals surface area contributed by atoms with Crippen LogP contribution in [0.15, 0.2) is 66.0 Å². The van der Waals surface area contributed by atoms with Gasteiger partial charge < -0.3 is 24.5 Å². The normalized spacial score (nSPS) is 13.9. The fourth-order valence-corrected chi connectivity index (χ4v) is 5.34. The van der Waals surface area contributed by atoms with Gasteiger partial charge in [0, 0.05) is 63.8 Å². The van der Waals surface area contributed by atoms with Crippen LogP contribution in [0.1, 0.15) is 0 Å². The predicted octanol–water partition coefficient (Wildman–Crippen LogP) is 4.30. The van der Waals surface area contributed by atoms with Crippen LogP contribution < -0.4 is 15.9 Å². The quantitative estimate of drug-likeness (QED) is 0.361. The molecule has 0 amide bonds. The molecule has 1 aliphatic heterocycles. The van der Waals surface area contributed by atoms with E-state index in [1.807, 2.05) is 23.7 Å². The van der Waals surface area contributed by atoms with E-state index in [0.717, 1.165) is 42.9 Å². The van der Waals surface area contributed by atoms with Gasteiger partial charge in [-0.15, -0.1) is 0 Å². The fraction of sp³-hybridized carbons (Fsp3) is 0.214. The van der Waals surface area contributed by atoms with Gasteiger partial charge in [0.1, 0.15) is 17.1 Å². The molecule has 0 spiro atoms. The zero-order valence-electron chi connectivity index (χ0n) is 20.9. The molecular weight excluding hydrogens is 507 g/mol. The van der Waals surface area contributed by atoms with Crippen molar-refractivity contribution in [2.45, 2.75) is 0 Å². The average molecular weight is 533 g/mol. The van der Waals surface area contributed by atoms with Crippen molar-refractivity contribution < 1.29 is 9.50 Å². The van der Waals surface area contributed by atoms with Crippen molar-refractivity contribution in [2.75, 3.05) is 31.1 Å². The summed E-state index contributed by atoms with van der Waals surface area (Å²) in [6.07, 6.45) is 5.04. The maximum atomic E-state index is 15.0. The van der Waals surface area contributed by atoms with Crippen LogP contribution in [0.25, 0.3) is 39.0 Å². The van der Waals surface area contributed by atoms with Gasteiger partial charge >= 0.3 is 5.69 Å². The van der Waals surface area contributed by atoms with Gasteiger partial charge in [-0.25, -0.2) is 14.2 Å². The third-order valence-corrected chi connectivity index (χ3v) is 7.42. The highest BCUT2D eigenvalue weighted by atomic mass is 35.5. The first-order valence-corrected chi connectivity index (χ1v) is 12.7. The molecule has 1 aliphatic rings. The van der Waals surface area contributed by atoms with E-state index in [1.54, 1.807) is 44.0 Å². The molecule has 3 aromatic carbocycles. The smallest absolute Gasteiger partial charge is 0.332 e. The summed E-state index contributed by atoms with van der Waals surface area (Å²) in [5.74, 6) is -0.541. The Morgan fingerprint density at radius 2 is 1.68 bits per heavy atom. The van der Waals surface area contributed by atoms with Crippen molar-refractivity contribution in [2.24, 2.45) is 14.1 Å². The first kappa shape index (κ1) is 24.3. The largest absolute Gasteiger partial charge is 0.507 e. The van der Waals surface area contributed by atoms with Crippen molar-refractivity contribution in [1.82, 2.24) is 24.0 Å². The lowest BCUT2D eigenvalue weighted by Crippen LogP contribution is -2.43. The molecule has 0 aliphatic carbocycles. The Labute approximate surface area is 223 Å². The summed E-state index contributed by atoms with van der Waals surface area (Å²) in [5, 5.41) is 15.1. The number of nitrogens with one attached hydrogen (secondary N) is 1. The number of hydrogen-bond acceptors (Lipinski definition) is 5. The number of aromatic hydroxyl groups is 1. The van der Waals surface area contributed by atoms with E-state index in [0.29, 0.717) is 33.0 Å². The number of piperazine rings is 1. The maximum Gasteiger partial charge on any atom is 0.332 e. The number of phenols is 1. The summed E-state index contributed by atoms with van der Waals surface area (Å²) in [7, 11) is 3.57. The Kier molecular flexibility index (Phi) is 5.97. The minimum absolute atomic E-state index is 0.0557. The number of fused-ring (bicyclic) bond motifs is 1. The van der Waals surface area contributed by atoms with Crippen LogP contribution in [0.5, 0.6) is 5.75 Å². The van der Waals surface area contributed by atoms with Crippen molar-refractivity contribution in [3.8, 4) is 33.7 Å². The van der Waals surface area contributed by atoms with E-state index < -0.39 is 5.82 Å². The highest BCUT2D eigenvalue weighted by molar-refractivity contribution is 6.32. The van der Waals surface area contributed by atoms with Crippen molar-refractivity contribution >= 4 is 28.3 Å². The highest BCUT2D eigenvalue weighted by Crippen LogP contribution is 2.42. The average Bonchev–Trinajstić information content (AvgIpc) is 3.46. The maximum absolute atomic E-state index is 15.0. The number of halogens is 2. The summed E-state index contributed by atoms with van der Waals surface area (Å²) >= 11 is 6.56. The molecule has 8 nitrogen and oxygen atoms in total. The van der Waals surface area contributed by atoms with E-state index >= 15 is 4.39 Å². The topological polar surface area (TPSA) is 80.2 Å². The third-order valence-electron chi connectivity index (χ3n) is 7.12. The lowest BCUT2D eigenvalue weighted by Gasteiger charge is -2.30. The molecule has 1 fully saturated rings. The molecule has 0 saturated carbocycles. The van der Waals surface area contributed by atoms with Crippen molar-refractivity contribution in [3.05, 3.63) is 82.5 Å². The number of phenolic OH excluding ortho intramolecular Hbond substituents is 1. The van der Waals surface area contributed by atoms with Crippen LogP contribution >= 0.6 is 11.6 Å². The Morgan fingerprint density at radius 3 is 2.37 bits per heavy atom. The van der Waals surface area contributed by atoms with E-state index in [9.17, 15) is 9.90 Å². The molecule has 0 bridgehead atoms. The van der Waals surface area contributed by atoms with Gasteiger partial charge in [0.15, 0.2) is 0 Å². The molecule has 5 aromatic rings. The van der Waals surface area contributed by atoms with Crippen LogP contribution in [0.2, 0.25) is 5.02 Å². The number of hydrogen-bond donors (Lipinski definition) is 2. The van der Waals surface area contributed by atoms with Gasteiger partial charge in [-0.3, -0.25) is 4.57 Å². The third kappa shape index (κ3) is 4.04. The van der Waals surface area contributed by atoms with Crippen LogP contribution in [-0.2, 0) is 14.1 Å². The van der Waals surface area contributed by atoms with Crippen LogP contribution in [0.3, 0.4) is 0 Å². The van der Waals surface area contributed by atoms with Gasteiger partial charge in [-0.2, -0.15) is 0 Å². The first-order chi connectivity index (χ1) is 18.3. The summed E-state index contributed by atoms with van der Waals surface area (Å²) in [6, 6.07) is 11.6. The minimum atomic E-state index is -0.485. The van der Waals surface area contributed by atoms with Gasteiger partial charge in [0.25, 0.3) is 0 Å². The van der Waals surface area contributed by atoms with E-state index in [-0.39, 0.29) is 11.4 Å². The second-order valence-corrected chi connectivity index (χ2v) is 9.94. The Hall–Kier alpha value is -4.08. The molecule has 194 valence electrons. The summed E-state index contributed by atoms with van der Waals surface area (Å²) in [4.78, 5) is 19.2. The minimum Gasteiger partial charge on any atom is -0.507 e. The van der Waals surface area contributed by atoms with E-state index in [1.165, 1.54) is 21.3 Å². The molecule has 2 N–H and O–H groups in total. The molecule has 2 aromatic heterocycles. The monoisotopic (exact) mass is 532 g/mol. The van der Waals surface area contributed by atoms with Gasteiger partial charge in [0.2, 0.25) is 0 Å². The Morgan fingerprint density at radius 1 is 0.947 bits per heavy atom. The molecule has 3 heterocycles. The zero-order chi connectivity index (χ0) is 26.6. The molecule has 1 saturated heterocycles. The number of benzene rings is 3. The first-order valence-electron chi connectivity index (χ1n) is 12.3. The Bertz CT molecular complexity index is 1750. The number of nitrogens with zero attached hydrogens (tertiary/aromatic N) is 5. The predicted molar refractivity (Wildman–Crippen MR) is 148 cm³/mol. The summed E-state index contributed by atoms with van der Waals surface area (Å²) in [5.41, 5.74) is 4.87. The molecule has 10 heteroatoms. The number of anilines is 1. The molecule has 0 radical (unpaired) electrons. The van der Waals surface area contributed by atoms with Gasteiger partial charge in [-0.05, 0) is 47.5 Å².